The van der Waals surface area contributed by atoms with Gasteiger partial charge in [-0.2, -0.15) is 4.68 Å². The van der Waals surface area contributed by atoms with E-state index in [-0.39, 0.29) is 29.4 Å². The molecule has 10 heteroatoms. The van der Waals surface area contributed by atoms with Gasteiger partial charge in [0.25, 0.3) is 5.91 Å². The third kappa shape index (κ3) is 6.12. The second kappa shape index (κ2) is 10.2. The van der Waals surface area contributed by atoms with Crippen molar-refractivity contribution in [2.45, 2.75) is 39.7 Å². The fraction of sp³-hybridized carbons (Fsp3) is 0.440. The number of hydrogen-bond donors (Lipinski definition) is 1. The van der Waals surface area contributed by atoms with Crippen LogP contribution in [-0.2, 0) is 9.84 Å². The Morgan fingerprint density at radius 2 is 1.71 bits per heavy atom. The minimum absolute atomic E-state index is 0.110. The number of amides is 1. The van der Waals surface area contributed by atoms with Crippen molar-refractivity contribution in [3.05, 3.63) is 59.4 Å². The fourth-order valence-corrected chi connectivity index (χ4v) is 5.46. The Balaban J connectivity index is 1.60. The van der Waals surface area contributed by atoms with Crippen LogP contribution in [0.15, 0.2) is 42.5 Å². The predicted octanol–water partition coefficient (Wildman–Crippen LogP) is 2.61. The molecule has 1 saturated heterocycles. The first-order valence-corrected chi connectivity index (χ1v) is 13.7. The second-order valence-electron chi connectivity index (χ2n) is 9.57. The van der Waals surface area contributed by atoms with E-state index in [0.717, 1.165) is 22.4 Å². The molecule has 1 unspecified atom stereocenters. The third-order valence-corrected chi connectivity index (χ3v) is 7.78. The summed E-state index contributed by atoms with van der Waals surface area (Å²) in [5.41, 5.74) is 4.27. The Morgan fingerprint density at radius 3 is 2.37 bits per heavy atom. The molecule has 1 atom stereocenters. The summed E-state index contributed by atoms with van der Waals surface area (Å²) in [4.78, 5) is 15.4. The molecule has 1 fully saturated rings. The summed E-state index contributed by atoms with van der Waals surface area (Å²) in [6, 6.07) is 13.7. The summed E-state index contributed by atoms with van der Waals surface area (Å²) in [6.07, 6.45) is 0. The average molecular weight is 497 g/mol. The average Bonchev–Trinajstić information content (AvgIpc) is 3.31. The van der Waals surface area contributed by atoms with E-state index in [9.17, 15) is 13.2 Å². The van der Waals surface area contributed by atoms with Crippen molar-refractivity contribution in [3.8, 4) is 16.8 Å². The molecule has 2 aromatic carbocycles. The number of tetrazole rings is 1. The Bertz CT molecular complexity index is 1290. The van der Waals surface area contributed by atoms with Crippen LogP contribution < -0.4 is 5.32 Å². The number of sulfone groups is 1. The maximum absolute atomic E-state index is 13.3. The van der Waals surface area contributed by atoms with Crippen molar-refractivity contribution in [3.63, 3.8) is 0 Å². The number of carbonyl (C=O) groups is 1. The van der Waals surface area contributed by atoms with Crippen molar-refractivity contribution < 1.29 is 13.2 Å². The topological polar surface area (TPSA) is 110 Å². The van der Waals surface area contributed by atoms with E-state index in [0.29, 0.717) is 31.0 Å². The molecular weight excluding hydrogens is 464 g/mol. The zero-order valence-electron chi connectivity index (χ0n) is 20.6. The smallest absolute Gasteiger partial charge is 0.251 e. The van der Waals surface area contributed by atoms with Crippen molar-refractivity contribution in [2.24, 2.45) is 0 Å². The van der Waals surface area contributed by atoms with E-state index >= 15 is 0 Å². The van der Waals surface area contributed by atoms with Crippen LogP contribution in [0, 0.1) is 6.92 Å². The molecule has 1 N–H and O–H groups in total. The van der Waals surface area contributed by atoms with Gasteiger partial charge in [-0.25, -0.2) is 8.42 Å². The molecule has 186 valence electrons. The lowest BCUT2D eigenvalue weighted by molar-refractivity contribution is 0.0930. The summed E-state index contributed by atoms with van der Waals surface area (Å²) in [5.74, 6) is 0.959. The van der Waals surface area contributed by atoms with Crippen LogP contribution in [0.3, 0.4) is 0 Å². The van der Waals surface area contributed by atoms with Crippen molar-refractivity contribution in [2.75, 3.05) is 31.1 Å². The largest absolute Gasteiger partial charge is 0.348 e. The molecule has 0 saturated carbocycles. The Morgan fingerprint density at radius 1 is 1.03 bits per heavy atom. The van der Waals surface area contributed by atoms with Gasteiger partial charge < -0.3 is 5.32 Å². The maximum Gasteiger partial charge on any atom is 0.251 e. The van der Waals surface area contributed by atoms with Crippen molar-refractivity contribution in [1.82, 2.24) is 30.4 Å². The number of aromatic nitrogens is 4. The molecular formula is C25H32N6O3S. The van der Waals surface area contributed by atoms with Crippen LogP contribution in [0.1, 0.15) is 48.4 Å². The zero-order valence-corrected chi connectivity index (χ0v) is 21.4. The molecule has 35 heavy (non-hydrogen) atoms. The van der Waals surface area contributed by atoms with Gasteiger partial charge in [0.15, 0.2) is 15.7 Å². The van der Waals surface area contributed by atoms with Gasteiger partial charge in [-0.3, -0.25) is 9.69 Å². The highest BCUT2D eigenvalue weighted by molar-refractivity contribution is 7.91. The van der Waals surface area contributed by atoms with Crippen molar-refractivity contribution >= 4 is 15.7 Å². The molecule has 1 aliphatic rings. The molecule has 4 rings (SSSR count). The van der Waals surface area contributed by atoms with E-state index in [1.807, 2.05) is 64.1 Å². The van der Waals surface area contributed by atoms with Crippen LogP contribution in [0.5, 0.6) is 0 Å². The first-order valence-electron chi connectivity index (χ1n) is 11.9. The number of rotatable bonds is 7. The van der Waals surface area contributed by atoms with Crippen LogP contribution in [-0.4, -0.2) is 76.6 Å². The first-order chi connectivity index (χ1) is 16.6. The van der Waals surface area contributed by atoms with Gasteiger partial charge in [0.05, 0.1) is 17.2 Å². The first kappa shape index (κ1) is 25.0. The van der Waals surface area contributed by atoms with Gasteiger partial charge in [-0.1, -0.05) is 43.7 Å². The molecule has 0 spiro atoms. The Kier molecular flexibility index (Phi) is 7.32. The molecule has 0 bridgehead atoms. The van der Waals surface area contributed by atoms with Crippen LogP contribution >= 0.6 is 0 Å². The quantitative estimate of drug-likeness (QED) is 0.535. The van der Waals surface area contributed by atoms with Crippen LogP contribution in [0.2, 0.25) is 0 Å². The van der Waals surface area contributed by atoms with Gasteiger partial charge in [0.2, 0.25) is 0 Å². The summed E-state index contributed by atoms with van der Waals surface area (Å²) in [5, 5.41) is 15.2. The molecule has 1 aromatic heterocycles. The van der Waals surface area contributed by atoms with E-state index in [1.54, 1.807) is 10.7 Å². The van der Waals surface area contributed by atoms with Gasteiger partial charge in [-0.05, 0) is 53.6 Å². The summed E-state index contributed by atoms with van der Waals surface area (Å²) >= 11 is 0. The number of hydrogen-bond acceptors (Lipinski definition) is 7. The minimum atomic E-state index is -2.93. The normalized spacial score (nSPS) is 16.8. The third-order valence-electron chi connectivity index (χ3n) is 6.17. The Hall–Kier alpha value is -3.11. The lowest BCUT2D eigenvalue weighted by atomic mass is 10.00. The van der Waals surface area contributed by atoms with Crippen molar-refractivity contribution in [1.29, 1.82) is 0 Å². The number of carbonyl (C=O) groups excluding carboxylic acids is 1. The maximum atomic E-state index is 13.3. The van der Waals surface area contributed by atoms with Gasteiger partial charge in [-0.15, -0.1) is 5.10 Å². The van der Waals surface area contributed by atoms with E-state index in [1.165, 1.54) is 0 Å². The molecule has 1 aliphatic heterocycles. The van der Waals surface area contributed by atoms with Gasteiger partial charge >= 0.3 is 0 Å². The summed E-state index contributed by atoms with van der Waals surface area (Å²) < 4.78 is 25.1. The molecule has 9 nitrogen and oxygen atoms in total. The number of aryl methyl sites for hydroxylation is 1. The molecule has 0 aliphatic carbocycles. The van der Waals surface area contributed by atoms with E-state index in [2.05, 4.69) is 25.7 Å². The van der Waals surface area contributed by atoms with Crippen LogP contribution in [0.25, 0.3) is 16.8 Å². The Labute approximate surface area is 206 Å². The zero-order chi connectivity index (χ0) is 25.2. The predicted molar refractivity (Wildman–Crippen MR) is 135 cm³/mol. The molecule has 3 aromatic rings. The number of nitrogens with zero attached hydrogens (tertiary/aromatic N) is 5. The van der Waals surface area contributed by atoms with E-state index < -0.39 is 9.84 Å². The summed E-state index contributed by atoms with van der Waals surface area (Å²) in [6.45, 7) is 9.59. The molecule has 2 heterocycles. The van der Waals surface area contributed by atoms with E-state index in [4.69, 9.17) is 0 Å². The highest BCUT2D eigenvalue weighted by Gasteiger charge is 2.23. The minimum Gasteiger partial charge on any atom is -0.348 e. The standard InChI is InChI=1S/C25H32N6O3S/c1-17(2)24-27-28-29-31(24)23-14-21(20-7-5-18(3)6-8-20)13-22(15-23)25(32)26-19(4)16-30-9-11-35(33,34)12-10-30/h5-8,13-15,17,19H,9-12,16H2,1-4H3,(H,26,32). The fourth-order valence-electron chi connectivity index (χ4n) is 4.19. The summed E-state index contributed by atoms with van der Waals surface area (Å²) in [7, 11) is -2.93. The SMILES string of the molecule is Cc1ccc(-c2cc(C(=O)NC(C)CN3CCS(=O)(=O)CC3)cc(-n3nnnc3C(C)C)c2)cc1. The number of nitrogens with one attached hydrogen (secondary N) is 1. The second-order valence-corrected chi connectivity index (χ2v) is 11.9. The highest BCUT2D eigenvalue weighted by Crippen LogP contribution is 2.26. The lowest BCUT2D eigenvalue weighted by Gasteiger charge is -2.29. The van der Waals surface area contributed by atoms with Gasteiger partial charge in [0, 0.05) is 37.2 Å². The molecule has 0 radical (unpaired) electrons. The van der Waals surface area contributed by atoms with Gasteiger partial charge in [0.1, 0.15) is 0 Å². The van der Waals surface area contributed by atoms with Crippen LogP contribution in [0.4, 0.5) is 0 Å². The monoisotopic (exact) mass is 496 g/mol. The highest BCUT2D eigenvalue weighted by atomic mass is 32.2. The lowest BCUT2D eigenvalue weighted by Crippen LogP contribution is -2.47. The molecule has 1 amide bonds. The number of benzene rings is 2.